The predicted octanol–water partition coefficient (Wildman–Crippen LogP) is 3.71. The number of benzene rings is 2. The average molecular weight is 448 g/mol. The molecule has 2 aromatic carbocycles. The van der Waals surface area contributed by atoms with Crippen LogP contribution in [0.4, 0.5) is 0 Å². The summed E-state index contributed by atoms with van der Waals surface area (Å²) in [7, 11) is 0. The molecule has 0 aliphatic carbocycles. The molecule has 2 amide bonds. The van der Waals surface area contributed by atoms with E-state index in [9.17, 15) is 9.59 Å². The van der Waals surface area contributed by atoms with Crippen molar-refractivity contribution in [3.63, 3.8) is 0 Å². The molecule has 0 spiro atoms. The van der Waals surface area contributed by atoms with Gasteiger partial charge in [-0.3, -0.25) is 14.5 Å². The number of hydrogen-bond acceptors (Lipinski definition) is 4. The third-order valence-electron chi connectivity index (χ3n) is 5.83. The van der Waals surface area contributed by atoms with E-state index in [-0.39, 0.29) is 18.2 Å². The van der Waals surface area contributed by atoms with Crippen LogP contribution in [0.5, 0.6) is 0 Å². The average Bonchev–Trinajstić information content (AvgIpc) is 3.33. The van der Waals surface area contributed by atoms with Crippen molar-refractivity contribution in [2.24, 2.45) is 0 Å². The number of rotatable bonds is 9. The first-order valence-corrected chi connectivity index (χ1v) is 12.0. The number of amides is 2. The van der Waals surface area contributed by atoms with E-state index in [1.807, 2.05) is 64.9 Å². The summed E-state index contributed by atoms with van der Waals surface area (Å²) in [4.78, 5) is 31.4. The molecule has 0 bridgehead atoms. The van der Waals surface area contributed by atoms with E-state index in [0.717, 1.165) is 18.5 Å². The van der Waals surface area contributed by atoms with Crippen LogP contribution in [0.15, 0.2) is 78.2 Å². The summed E-state index contributed by atoms with van der Waals surface area (Å²) in [6.45, 7) is 3.25. The lowest BCUT2D eigenvalue weighted by atomic mass is 10.1. The molecule has 4 rings (SSSR count). The van der Waals surface area contributed by atoms with Crippen LogP contribution in [0.2, 0.25) is 0 Å². The minimum absolute atomic E-state index is 0.0167. The second-order valence-corrected chi connectivity index (χ2v) is 9.13. The fraction of sp³-hybridized carbons (Fsp3) is 0.308. The van der Waals surface area contributed by atoms with E-state index in [4.69, 9.17) is 0 Å². The Bertz CT molecular complexity index is 992. The summed E-state index contributed by atoms with van der Waals surface area (Å²) in [6.07, 6.45) is 0.980. The highest BCUT2D eigenvalue weighted by Gasteiger charge is 2.33. The topological polar surface area (TPSA) is 52.7 Å². The smallest absolute Gasteiger partial charge is 0.237 e. The van der Waals surface area contributed by atoms with Crippen LogP contribution in [-0.2, 0) is 29.1 Å². The number of thiophene rings is 1. The van der Waals surface area contributed by atoms with E-state index in [1.54, 1.807) is 11.3 Å². The van der Waals surface area contributed by atoms with Crippen molar-refractivity contribution in [1.29, 1.82) is 0 Å². The molecule has 1 saturated heterocycles. The summed E-state index contributed by atoms with van der Waals surface area (Å²) in [5.41, 5.74) is 2.30. The first kappa shape index (κ1) is 22.2. The molecule has 6 heteroatoms. The zero-order chi connectivity index (χ0) is 22.2. The minimum Gasteiger partial charge on any atom is -0.353 e. The van der Waals surface area contributed by atoms with Gasteiger partial charge in [0, 0.05) is 37.6 Å². The maximum absolute atomic E-state index is 13.5. The number of piperazine rings is 1. The molecular formula is C26H29N3O2S. The zero-order valence-corrected chi connectivity index (χ0v) is 19.0. The van der Waals surface area contributed by atoms with Crippen molar-refractivity contribution in [2.45, 2.75) is 32.0 Å². The second-order valence-electron chi connectivity index (χ2n) is 8.10. The largest absolute Gasteiger partial charge is 0.353 e. The van der Waals surface area contributed by atoms with Crippen LogP contribution in [0, 0.1) is 0 Å². The van der Waals surface area contributed by atoms with Gasteiger partial charge in [0.25, 0.3) is 0 Å². The molecule has 1 aliphatic rings. The van der Waals surface area contributed by atoms with E-state index < -0.39 is 6.04 Å². The lowest BCUT2D eigenvalue weighted by Crippen LogP contribution is -2.56. The van der Waals surface area contributed by atoms with E-state index in [2.05, 4.69) is 28.4 Å². The normalized spacial score (nSPS) is 16.5. The van der Waals surface area contributed by atoms with Crippen LogP contribution in [0.3, 0.4) is 0 Å². The van der Waals surface area contributed by atoms with Gasteiger partial charge < -0.3 is 10.2 Å². The third kappa shape index (κ3) is 6.05. The Hall–Kier alpha value is -2.96. The van der Waals surface area contributed by atoms with Gasteiger partial charge in [0.1, 0.15) is 0 Å². The molecule has 166 valence electrons. The van der Waals surface area contributed by atoms with Crippen molar-refractivity contribution in [1.82, 2.24) is 15.1 Å². The highest BCUT2D eigenvalue weighted by Crippen LogP contribution is 2.19. The molecular weight excluding hydrogens is 418 g/mol. The van der Waals surface area contributed by atoms with Gasteiger partial charge in [-0.25, -0.2) is 0 Å². The highest BCUT2D eigenvalue weighted by atomic mass is 32.1. The standard InChI is InChI=1S/C26H29N3O2S/c30-25(18-24-26(31)27-14-16-28(24)20-23-12-7-17-32-23)29(19-22-10-5-2-6-11-22)15-13-21-8-3-1-4-9-21/h1-12,17,24H,13-16,18-20H2,(H,27,31)/t24-/m0/s1. The molecule has 32 heavy (non-hydrogen) atoms. The molecule has 1 atom stereocenters. The Labute approximate surface area is 193 Å². The van der Waals surface area contributed by atoms with Gasteiger partial charge in [-0.15, -0.1) is 11.3 Å². The third-order valence-corrected chi connectivity index (χ3v) is 6.69. The second kappa shape index (κ2) is 11.1. The van der Waals surface area contributed by atoms with Gasteiger partial charge in [0.2, 0.25) is 11.8 Å². The van der Waals surface area contributed by atoms with E-state index in [0.29, 0.717) is 26.2 Å². The van der Waals surface area contributed by atoms with Crippen LogP contribution in [0.1, 0.15) is 22.4 Å². The van der Waals surface area contributed by atoms with Gasteiger partial charge in [-0.05, 0) is 29.0 Å². The van der Waals surface area contributed by atoms with Gasteiger partial charge in [0.15, 0.2) is 0 Å². The number of nitrogens with zero attached hydrogens (tertiary/aromatic N) is 2. The fourth-order valence-corrected chi connectivity index (χ4v) is 4.80. The minimum atomic E-state index is -0.437. The van der Waals surface area contributed by atoms with Gasteiger partial charge in [-0.1, -0.05) is 66.7 Å². The molecule has 3 aromatic rings. The number of carbonyl (C=O) groups excluding carboxylic acids is 2. The zero-order valence-electron chi connectivity index (χ0n) is 18.2. The van der Waals surface area contributed by atoms with Crippen LogP contribution in [0.25, 0.3) is 0 Å². The first-order valence-electron chi connectivity index (χ1n) is 11.1. The van der Waals surface area contributed by atoms with Crippen LogP contribution < -0.4 is 5.32 Å². The number of hydrogen-bond donors (Lipinski definition) is 1. The Morgan fingerprint density at radius 3 is 2.41 bits per heavy atom. The maximum Gasteiger partial charge on any atom is 0.237 e. The maximum atomic E-state index is 13.5. The molecule has 1 aromatic heterocycles. The molecule has 1 N–H and O–H groups in total. The predicted molar refractivity (Wildman–Crippen MR) is 128 cm³/mol. The SMILES string of the molecule is O=C1NCCN(Cc2cccs2)[C@H]1CC(=O)N(CCc1ccccc1)Cc1ccccc1. The Morgan fingerprint density at radius 1 is 1.00 bits per heavy atom. The molecule has 1 aliphatic heterocycles. The lowest BCUT2D eigenvalue weighted by Gasteiger charge is -2.35. The van der Waals surface area contributed by atoms with Crippen molar-refractivity contribution in [3.05, 3.63) is 94.2 Å². The first-order chi connectivity index (χ1) is 15.7. The Morgan fingerprint density at radius 2 is 1.72 bits per heavy atom. The lowest BCUT2D eigenvalue weighted by molar-refractivity contribution is -0.139. The van der Waals surface area contributed by atoms with Crippen molar-refractivity contribution >= 4 is 23.2 Å². The van der Waals surface area contributed by atoms with Gasteiger partial charge in [0.05, 0.1) is 12.5 Å². The van der Waals surface area contributed by atoms with Crippen molar-refractivity contribution in [3.8, 4) is 0 Å². The summed E-state index contributed by atoms with van der Waals surface area (Å²) in [6, 6.07) is 23.9. The molecule has 2 heterocycles. The van der Waals surface area contributed by atoms with Crippen molar-refractivity contribution < 1.29 is 9.59 Å². The van der Waals surface area contributed by atoms with Gasteiger partial charge >= 0.3 is 0 Å². The quantitative estimate of drug-likeness (QED) is 0.544. The highest BCUT2D eigenvalue weighted by molar-refractivity contribution is 7.09. The van der Waals surface area contributed by atoms with E-state index >= 15 is 0 Å². The Balaban J connectivity index is 1.47. The number of carbonyl (C=O) groups is 2. The summed E-state index contributed by atoms with van der Waals surface area (Å²) in [5, 5.41) is 4.99. The fourth-order valence-electron chi connectivity index (χ4n) is 4.07. The monoisotopic (exact) mass is 447 g/mol. The molecule has 0 saturated carbocycles. The summed E-state index contributed by atoms with van der Waals surface area (Å²) in [5.74, 6) is -0.0353. The molecule has 1 fully saturated rings. The Kier molecular flexibility index (Phi) is 7.69. The van der Waals surface area contributed by atoms with Crippen LogP contribution in [-0.4, -0.2) is 47.3 Å². The number of nitrogens with one attached hydrogen (secondary N) is 1. The molecule has 0 radical (unpaired) electrons. The molecule has 5 nitrogen and oxygen atoms in total. The van der Waals surface area contributed by atoms with E-state index in [1.165, 1.54) is 10.4 Å². The van der Waals surface area contributed by atoms with Crippen LogP contribution >= 0.6 is 11.3 Å². The van der Waals surface area contributed by atoms with Gasteiger partial charge in [-0.2, -0.15) is 0 Å². The summed E-state index contributed by atoms with van der Waals surface area (Å²) >= 11 is 1.68. The molecule has 0 unspecified atom stereocenters. The van der Waals surface area contributed by atoms with Crippen molar-refractivity contribution in [2.75, 3.05) is 19.6 Å². The summed E-state index contributed by atoms with van der Waals surface area (Å²) < 4.78 is 0.